The molecule has 86 valence electrons. The molecule has 1 heterocycles. The molecular weight excluding hydrogens is 206 g/mol. The molecule has 1 aromatic rings. The highest BCUT2D eigenvalue weighted by atomic mass is 16.7. The standard InChI is InChI=1S/C12H15NO3/c1-8(2)11-7-12(15)13(16-11)9-4-3-5-10(14)6-9/h3-6,8,11,14H,7H2,1-2H3. The molecule has 1 aliphatic heterocycles. The fourth-order valence-corrected chi connectivity index (χ4v) is 1.67. The Morgan fingerprint density at radius 3 is 2.81 bits per heavy atom. The first kappa shape index (κ1) is 11.0. The predicted molar refractivity (Wildman–Crippen MR) is 59.9 cm³/mol. The number of benzene rings is 1. The molecule has 1 unspecified atom stereocenters. The van der Waals surface area contributed by atoms with E-state index in [0.29, 0.717) is 18.0 Å². The van der Waals surface area contributed by atoms with Crippen LogP contribution in [0.1, 0.15) is 20.3 Å². The van der Waals surface area contributed by atoms with Crippen molar-refractivity contribution in [3.05, 3.63) is 24.3 Å². The van der Waals surface area contributed by atoms with Crippen LogP contribution >= 0.6 is 0 Å². The number of rotatable bonds is 2. The third-order valence-electron chi connectivity index (χ3n) is 2.65. The van der Waals surface area contributed by atoms with Gasteiger partial charge in [-0.05, 0) is 18.1 Å². The number of amides is 1. The van der Waals surface area contributed by atoms with Gasteiger partial charge in [-0.2, -0.15) is 5.06 Å². The summed E-state index contributed by atoms with van der Waals surface area (Å²) < 4.78 is 0. The zero-order valence-corrected chi connectivity index (χ0v) is 9.38. The summed E-state index contributed by atoms with van der Waals surface area (Å²) in [5, 5.41) is 10.6. The summed E-state index contributed by atoms with van der Waals surface area (Å²) in [6, 6.07) is 6.49. The number of aromatic hydroxyl groups is 1. The molecule has 0 saturated carbocycles. The van der Waals surface area contributed by atoms with E-state index in [2.05, 4.69) is 0 Å². The molecule has 1 fully saturated rings. The Morgan fingerprint density at radius 2 is 2.25 bits per heavy atom. The summed E-state index contributed by atoms with van der Waals surface area (Å²) in [6.45, 7) is 4.04. The first-order chi connectivity index (χ1) is 7.58. The normalized spacial score (nSPS) is 20.8. The van der Waals surface area contributed by atoms with Gasteiger partial charge in [0, 0.05) is 6.07 Å². The van der Waals surface area contributed by atoms with E-state index in [4.69, 9.17) is 4.84 Å². The highest BCUT2D eigenvalue weighted by Crippen LogP contribution is 2.28. The van der Waals surface area contributed by atoms with Gasteiger partial charge in [-0.15, -0.1) is 0 Å². The van der Waals surface area contributed by atoms with E-state index in [-0.39, 0.29) is 17.8 Å². The van der Waals surface area contributed by atoms with E-state index in [1.165, 1.54) is 11.1 Å². The van der Waals surface area contributed by atoms with Gasteiger partial charge in [0.1, 0.15) is 5.75 Å². The van der Waals surface area contributed by atoms with Gasteiger partial charge in [-0.25, -0.2) is 0 Å². The number of hydrogen-bond donors (Lipinski definition) is 1. The fourth-order valence-electron chi connectivity index (χ4n) is 1.67. The van der Waals surface area contributed by atoms with Crippen molar-refractivity contribution in [3.63, 3.8) is 0 Å². The second-order valence-corrected chi connectivity index (χ2v) is 4.30. The largest absolute Gasteiger partial charge is 0.508 e. The molecule has 0 aliphatic carbocycles. The van der Waals surface area contributed by atoms with Crippen LogP contribution in [0.3, 0.4) is 0 Å². The Balaban J connectivity index is 2.20. The van der Waals surface area contributed by atoms with Crippen molar-refractivity contribution >= 4 is 11.6 Å². The lowest BCUT2D eigenvalue weighted by Gasteiger charge is -2.18. The van der Waals surface area contributed by atoms with Crippen molar-refractivity contribution in [2.75, 3.05) is 5.06 Å². The summed E-state index contributed by atoms with van der Waals surface area (Å²) in [5.41, 5.74) is 0.577. The molecule has 16 heavy (non-hydrogen) atoms. The molecule has 1 amide bonds. The van der Waals surface area contributed by atoms with Gasteiger partial charge in [-0.3, -0.25) is 9.63 Å². The minimum absolute atomic E-state index is 0.0655. The van der Waals surface area contributed by atoms with Gasteiger partial charge in [0.15, 0.2) is 0 Å². The Labute approximate surface area is 94.4 Å². The molecule has 1 aliphatic rings. The Bertz CT molecular complexity index is 403. The molecule has 4 heteroatoms. The number of carbonyl (C=O) groups excluding carboxylic acids is 1. The fraction of sp³-hybridized carbons (Fsp3) is 0.417. The molecular formula is C12H15NO3. The molecule has 4 nitrogen and oxygen atoms in total. The molecule has 0 spiro atoms. The van der Waals surface area contributed by atoms with Crippen LogP contribution in [0.2, 0.25) is 0 Å². The van der Waals surface area contributed by atoms with E-state index in [1.807, 2.05) is 13.8 Å². The summed E-state index contributed by atoms with van der Waals surface area (Å²) in [7, 11) is 0. The lowest BCUT2D eigenvalue weighted by Crippen LogP contribution is -2.23. The lowest BCUT2D eigenvalue weighted by molar-refractivity contribution is -0.119. The highest BCUT2D eigenvalue weighted by Gasteiger charge is 2.34. The number of anilines is 1. The monoisotopic (exact) mass is 221 g/mol. The third kappa shape index (κ3) is 2.02. The maximum absolute atomic E-state index is 11.7. The van der Waals surface area contributed by atoms with Crippen LogP contribution in [-0.2, 0) is 9.63 Å². The zero-order valence-electron chi connectivity index (χ0n) is 9.38. The van der Waals surface area contributed by atoms with Crippen molar-refractivity contribution < 1.29 is 14.7 Å². The molecule has 2 rings (SSSR count). The second-order valence-electron chi connectivity index (χ2n) is 4.30. The molecule has 0 radical (unpaired) electrons. The lowest BCUT2D eigenvalue weighted by atomic mass is 10.1. The minimum atomic E-state index is -0.0742. The van der Waals surface area contributed by atoms with Crippen molar-refractivity contribution in [2.24, 2.45) is 5.92 Å². The number of nitrogens with zero attached hydrogens (tertiary/aromatic N) is 1. The molecule has 1 atom stereocenters. The number of hydroxylamine groups is 1. The quantitative estimate of drug-likeness (QED) is 0.831. The first-order valence-corrected chi connectivity index (χ1v) is 5.36. The molecule has 1 aromatic carbocycles. The number of phenols is 1. The molecule has 0 bridgehead atoms. The summed E-state index contributed by atoms with van der Waals surface area (Å²) in [4.78, 5) is 17.3. The Kier molecular flexibility index (Phi) is 2.83. The summed E-state index contributed by atoms with van der Waals surface area (Å²) >= 11 is 0. The van der Waals surface area contributed by atoms with Crippen LogP contribution in [0.4, 0.5) is 5.69 Å². The van der Waals surface area contributed by atoms with Gasteiger partial charge in [0.05, 0.1) is 18.2 Å². The van der Waals surface area contributed by atoms with Crippen LogP contribution in [0.5, 0.6) is 5.75 Å². The number of hydrogen-bond acceptors (Lipinski definition) is 3. The summed E-state index contributed by atoms with van der Waals surface area (Å²) in [5.74, 6) is 0.359. The minimum Gasteiger partial charge on any atom is -0.508 e. The van der Waals surface area contributed by atoms with Crippen LogP contribution in [0.15, 0.2) is 24.3 Å². The van der Waals surface area contributed by atoms with Crippen LogP contribution < -0.4 is 5.06 Å². The average molecular weight is 221 g/mol. The van der Waals surface area contributed by atoms with E-state index in [0.717, 1.165) is 0 Å². The van der Waals surface area contributed by atoms with Crippen molar-refractivity contribution in [2.45, 2.75) is 26.4 Å². The third-order valence-corrected chi connectivity index (χ3v) is 2.65. The van der Waals surface area contributed by atoms with E-state index in [9.17, 15) is 9.90 Å². The van der Waals surface area contributed by atoms with E-state index >= 15 is 0 Å². The van der Waals surface area contributed by atoms with Crippen LogP contribution in [0, 0.1) is 5.92 Å². The van der Waals surface area contributed by atoms with Gasteiger partial charge < -0.3 is 5.11 Å². The Morgan fingerprint density at radius 1 is 1.50 bits per heavy atom. The maximum atomic E-state index is 11.7. The smallest absolute Gasteiger partial charge is 0.253 e. The van der Waals surface area contributed by atoms with Gasteiger partial charge in [-0.1, -0.05) is 19.9 Å². The van der Waals surface area contributed by atoms with Gasteiger partial charge >= 0.3 is 0 Å². The number of phenolic OH excluding ortho intramolecular Hbond substituents is 1. The second kappa shape index (κ2) is 4.14. The zero-order chi connectivity index (χ0) is 11.7. The van der Waals surface area contributed by atoms with Gasteiger partial charge in [0.25, 0.3) is 5.91 Å². The first-order valence-electron chi connectivity index (χ1n) is 5.36. The predicted octanol–water partition coefficient (Wildman–Crippen LogP) is 2.09. The molecule has 1 N–H and O–H groups in total. The van der Waals surface area contributed by atoms with Crippen molar-refractivity contribution in [3.8, 4) is 5.75 Å². The van der Waals surface area contributed by atoms with Gasteiger partial charge in [0.2, 0.25) is 0 Å². The van der Waals surface area contributed by atoms with E-state index < -0.39 is 0 Å². The topological polar surface area (TPSA) is 49.8 Å². The Hall–Kier alpha value is -1.55. The summed E-state index contributed by atoms with van der Waals surface area (Å²) in [6.07, 6.45) is 0.322. The highest BCUT2D eigenvalue weighted by molar-refractivity contribution is 5.93. The molecule has 1 saturated heterocycles. The maximum Gasteiger partial charge on any atom is 0.253 e. The van der Waals surface area contributed by atoms with Crippen LogP contribution in [0.25, 0.3) is 0 Å². The van der Waals surface area contributed by atoms with E-state index in [1.54, 1.807) is 18.2 Å². The SMILES string of the molecule is CC(C)C1CC(=O)N(c2cccc(O)c2)O1. The average Bonchev–Trinajstić information content (AvgIpc) is 2.60. The van der Waals surface area contributed by atoms with Crippen molar-refractivity contribution in [1.82, 2.24) is 0 Å². The molecule has 0 aromatic heterocycles. The number of carbonyl (C=O) groups is 1. The van der Waals surface area contributed by atoms with Crippen molar-refractivity contribution in [1.29, 1.82) is 0 Å². The van der Waals surface area contributed by atoms with Crippen LogP contribution in [-0.4, -0.2) is 17.1 Å².